The second-order valence-corrected chi connectivity index (χ2v) is 2.93. The molecule has 4 heteroatoms. The Hall–Kier alpha value is -1.42. The maximum Gasteiger partial charge on any atom is 0.254 e. The van der Waals surface area contributed by atoms with Crippen LogP contribution in [-0.4, -0.2) is 25.7 Å². The fourth-order valence-corrected chi connectivity index (χ4v) is 1.12. The van der Waals surface area contributed by atoms with Crippen molar-refractivity contribution in [3.63, 3.8) is 0 Å². The van der Waals surface area contributed by atoms with Crippen LogP contribution in [0.3, 0.4) is 0 Å². The second-order valence-electron chi connectivity index (χ2n) is 2.93. The summed E-state index contributed by atoms with van der Waals surface area (Å²) in [5, 5.41) is 2.57. The maximum atomic E-state index is 13.1. The summed E-state index contributed by atoms with van der Waals surface area (Å²) >= 11 is 0. The number of nitrogens with one attached hydrogen (secondary N) is 1. The van der Waals surface area contributed by atoms with E-state index in [1.165, 1.54) is 12.1 Å². The Morgan fingerprint density at radius 2 is 2.20 bits per heavy atom. The molecule has 1 aromatic carbocycles. The number of ether oxygens (including phenoxy) is 1. The van der Waals surface area contributed by atoms with Gasteiger partial charge >= 0.3 is 0 Å². The number of carbonyl (C=O) groups is 1. The van der Waals surface area contributed by atoms with Crippen molar-refractivity contribution < 1.29 is 13.9 Å². The first kappa shape index (κ1) is 11.7. The Morgan fingerprint density at radius 3 is 2.87 bits per heavy atom. The van der Waals surface area contributed by atoms with E-state index in [1.807, 2.05) is 6.92 Å². The summed E-state index contributed by atoms with van der Waals surface area (Å²) in [7, 11) is 0. The van der Waals surface area contributed by atoms with Crippen LogP contribution in [0, 0.1) is 5.82 Å². The van der Waals surface area contributed by atoms with Crippen LogP contribution in [-0.2, 0) is 4.74 Å². The van der Waals surface area contributed by atoms with E-state index in [1.54, 1.807) is 12.1 Å². The molecule has 0 saturated heterocycles. The number of hydrogen-bond acceptors (Lipinski definition) is 2. The lowest BCUT2D eigenvalue weighted by Gasteiger charge is -2.05. The van der Waals surface area contributed by atoms with E-state index in [0.29, 0.717) is 19.8 Å². The van der Waals surface area contributed by atoms with E-state index < -0.39 is 11.7 Å². The first-order valence-electron chi connectivity index (χ1n) is 4.86. The minimum absolute atomic E-state index is 0.0639. The monoisotopic (exact) mass is 211 g/mol. The third kappa shape index (κ3) is 3.67. The van der Waals surface area contributed by atoms with E-state index in [2.05, 4.69) is 5.32 Å². The number of halogens is 1. The van der Waals surface area contributed by atoms with Gasteiger partial charge in [-0.05, 0) is 19.1 Å². The molecule has 1 N–H and O–H groups in total. The highest BCUT2D eigenvalue weighted by molar-refractivity contribution is 5.94. The van der Waals surface area contributed by atoms with Crippen LogP contribution in [0.25, 0.3) is 0 Å². The lowest BCUT2D eigenvalue weighted by Crippen LogP contribution is -2.27. The van der Waals surface area contributed by atoms with Gasteiger partial charge in [0.25, 0.3) is 5.91 Å². The van der Waals surface area contributed by atoms with E-state index >= 15 is 0 Å². The molecule has 0 heterocycles. The maximum absolute atomic E-state index is 13.1. The van der Waals surface area contributed by atoms with E-state index in [9.17, 15) is 9.18 Å². The van der Waals surface area contributed by atoms with Crippen molar-refractivity contribution in [2.24, 2.45) is 0 Å². The average molecular weight is 211 g/mol. The molecular formula is C11H14FNO2. The molecule has 1 aromatic rings. The van der Waals surface area contributed by atoms with Crippen LogP contribution in [0.4, 0.5) is 4.39 Å². The van der Waals surface area contributed by atoms with Gasteiger partial charge in [0.15, 0.2) is 0 Å². The largest absolute Gasteiger partial charge is 0.380 e. The SMILES string of the molecule is CCOCCNC(=O)c1ccccc1F. The average Bonchev–Trinajstić information content (AvgIpc) is 2.25. The smallest absolute Gasteiger partial charge is 0.254 e. The molecule has 1 amide bonds. The van der Waals surface area contributed by atoms with Gasteiger partial charge in [-0.2, -0.15) is 0 Å². The quantitative estimate of drug-likeness (QED) is 0.751. The fourth-order valence-electron chi connectivity index (χ4n) is 1.12. The molecule has 0 aliphatic rings. The van der Waals surface area contributed by atoms with Gasteiger partial charge in [0.1, 0.15) is 5.82 Å². The van der Waals surface area contributed by atoms with Crippen molar-refractivity contribution in [1.82, 2.24) is 5.32 Å². The van der Waals surface area contributed by atoms with Gasteiger partial charge in [0.2, 0.25) is 0 Å². The summed E-state index contributed by atoms with van der Waals surface area (Å²) in [6.45, 7) is 3.31. The molecular weight excluding hydrogens is 197 g/mol. The van der Waals surface area contributed by atoms with E-state index in [4.69, 9.17) is 4.74 Å². The lowest BCUT2D eigenvalue weighted by atomic mass is 10.2. The number of carbonyl (C=O) groups excluding carboxylic acids is 1. The van der Waals surface area contributed by atoms with E-state index in [-0.39, 0.29) is 5.56 Å². The lowest BCUT2D eigenvalue weighted by molar-refractivity contribution is 0.0918. The zero-order chi connectivity index (χ0) is 11.1. The predicted molar refractivity (Wildman–Crippen MR) is 55.2 cm³/mol. The zero-order valence-corrected chi connectivity index (χ0v) is 8.63. The van der Waals surface area contributed by atoms with Gasteiger partial charge in [-0.3, -0.25) is 4.79 Å². The molecule has 0 aromatic heterocycles. The minimum atomic E-state index is -0.508. The highest BCUT2D eigenvalue weighted by atomic mass is 19.1. The topological polar surface area (TPSA) is 38.3 Å². The van der Waals surface area contributed by atoms with Gasteiger partial charge < -0.3 is 10.1 Å². The van der Waals surface area contributed by atoms with Crippen LogP contribution < -0.4 is 5.32 Å². The van der Waals surface area contributed by atoms with Crippen molar-refractivity contribution in [2.75, 3.05) is 19.8 Å². The second kappa shape index (κ2) is 6.14. The summed E-state index contributed by atoms with van der Waals surface area (Å²) in [4.78, 5) is 11.4. The van der Waals surface area contributed by atoms with Crippen molar-refractivity contribution in [2.45, 2.75) is 6.92 Å². The summed E-state index contributed by atoms with van der Waals surface area (Å²) in [5.74, 6) is -0.917. The minimum Gasteiger partial charge on any atom is -0.380 e. The zero-order valence-electron chi connectivity index (χ0n) is 8.63. The molecule has 0 atom stereocenters. The fraction of sp³-hybridized carbons (Fsp3) is 0.364. The molecule has 0 aliphatic carbocycles. The predicted octanol–water partition coefficient (Wildman–Crippen LogP) is 1.59. The Kier molecular flexibility index (Phi) is 4.77. The van der Waals surface area contributed by atoms with Crippen molar-refractivity contribution >= 4 is 5.91 Å². The summed E-state index contributed by atoms with van der Waals surface area (Å²) in [6, 6.07) is 5.88. The molecule has 0 bridgehead atoms. The van der Waals surface area contributed by atoms with Crippen LogP contribution in [0.15, 0.2) is 24.3 Å². The molecule has 82 valence electrons. The third-order valence-electron chi connectivity index (χ3n) is 1.85. The van der Waals surface area contributed by atoms with Gasteiger partial charge in [-0.25, -0.2) is 4.39 Å². The van der Waals surface area contributed by atoms with Crippen molar-refractivity contribution in [3.8, 4) is 0 Å². The van der Waals surface area contributed by atoms with Crippen LogP contribution >= 0.6 is 0 Å². The van der Waals surface area contributed by atoms with Crippen LogP contribution in [0.5, 0.6) is 0 Å². The number of amides is 1. The summed E-state index contributed by atoms with van der Waals surface area (Å²) in [6.07, 6.45) is 0. The van der Waals surface area contributed by atoms with Crippen molar-refractivity contribution in [1.29, 1.82) is 0 Å². The van der Waals surface area contributed by atoms with Crippen LogP contribution in [0.2, 0.25) is 0 Å². The molecule has 0 fully saturated rings. The van der Waals surface area contributed by atoms with Crippen molar-refractivity contribution in [3.05, 3.63) is 35.6 Å². The normalized spacial score (nSPS) is 10.0. The molecule has 0 spiro atoms. The first-order chi connectivity index (χ1) is 7.25. The first-order valence-corrected chi connectivity index (χ1v) is 4.86. The van der Waals surface area contributed by atoms with Gasteiger partial charge in [-0.1, -0.05) is 12.1 Å². The molecule has 0 aliphatic heterocycles. The Labute approximate surface area is 88.2 Å². The number of rotatable bonds is 5. The standard InChI is InChI=1S/C11H14FNO2/c1-2-15-8-7-13-11(14)9-5-3-4-6-10(9)12/h3-6H,2,7-8H2,1H3,(H,13,14). The highest BCUT2D eigenvalue weighted by Crippen LogP contribution is 2.05. The molecule has 0 radical (unpaired) electrons. The Balaban J connectivity index is 2.44. The van der Waals surface area contributed by atoms with E-state index in [0.717, 1.165) is 0 Å². The molecule has 0 unspecified atom stereocenters. The van der Waals surface area contributed by atoms with Gasteiger partial charge in [-0.15, -0.1) is 0 Å². The Bertz CT molecular complexity index is 328. The highest BCUT2D eigenvalue weighted by Gasteiger charge is 2.09. The molecule has 15 heavy (non-hydrogen) atoms. The summed E-state index contributed by atoms with van der Waals surface area (Å²) < 4.78 is 18.2. The number of benzene rings is 1. The number of hydrogen-bond donors (Lipinski definition) is 1. The molecule has 0 saturated carbocycles. The summed E-state index contributed by atoms with van der Waals surface area (Å²) in [5.41, 5.74) is 0.0639. The molecule has 3 nitrogen and oxygen atoms in total. The van der Waals surface area contributed by atoms with Gasteiger partial charge in [0.05, 0.1) is 12.2 Å². The Morgan fingerprint density at radius 1 is 1.47 bits per heavy atom. The molecule has 1 rings (SSSR count). The third-order valence-corrected chi connectivity index (χ3v) is 1.85. The van der Waals surface area contributed by atoms with Gasteiger partial charge in [0, 0.05) is 13.2 Å². The van der Waals surface area contributed by atoms with Crippen LogP contribution in [0.1, 0.15) is 17.3 Å².